The van der Waals surface area contributed by atoms with Gasteiger partial charge in [0.15, 0.2) is 6.61 Å². The largest absolute Gasteiger partial charge is 0.484 e. The maximum atomic E-state index is 12.3. The molecule has 152 valence electrons. The van der Waals surface area contributed by atoms with Crippen molar-refractivity contribution in [3.63, 3.8) is 0 Å². The molecule has 0 aliphatic carbocycles. The summed E-state index contributed by atoms with van der Waals surface area (Å²) in [5, 5.41) is 2.81. The lowest BCUT2D eigenvalue weighted by Crippen LogP contribution is -2.28. The van der Waals surface area contributed by atoms with Gasteiger partial charge < -0.3 is 10.1 Å². The molecule has 0 bridgehead atoms. The highest BCUT2D eigenvalue weighted by atomic mass is 32.2. The molecule has 0 radical (unpaired) electrons. The molecular weight excluding hydrogens is 376 g/mol. The van der Waals surface area contributed by atoms with Gasteiger partial charge in [-0.15, -0.1) is 0 Å². The molecule has 0 unspecified atom stereocenters. The summed E-state index contributed by atoms with van der Waals surface area (Å²) in [5.74, 6) is 0.460. The normalized spacial score (nSPS) is 11.5. The summed E-state index contributed by atoms with van der Waals surface area (Å²) in [7, 11) is -3.55. The lowest BCUT2D eigenvalue weighted by atomic mass is 10.1. The van der Waals surface area contributed by atoms with Gasteiger partial charge in [-0.25, -0.2) is 13.1 Å². The first-order chi connectivity index (χ1) is 13.2. The first-order valence-corrected chi connectivity index (χ1v) is 10.7. The van der Waals surface area contributed by atoms with E-state index in [9.17, 15) is 13.2 Å². The zero-order valence-corrected chi connectivity index (χ0v) is 17.6. The Morgan fingerprint density at radius 2 is 1.86 bits per heavy atom. The van der Waals surface area contributed by atoms with Crippen molar-refractivity contribution >= 4 is 15.9 Å². The zero-order valence-electron chi connectivity index (χ0n) is 16.8. The second-order valence-electron chi connectivity index (χ2n) is 7.23. The molecule has 2 rings (SSSR count). The first kappa shape index (κ1) is 21.9. The molecule has 7 heteroatoms. The smallest absolute Gasteiger partial charge is 0.258 e. The average molecular weight is 405 g/mol. The van der Waals surface area contributed by atoms with Gasteiger partial charge in [0, 0.05) is 13.1 Å². The third kappa shape index (κ3) is 6.65. The Morgan fingerprint density at radius 3 is 2.50 bits per heavy atom. The highest BCUT2D eigenvalue weighted by Gasteiger charge is 2.16. The second kappa shape index (κ2) is 9.71. The van der Waals surface area contributed by atoms with Gasteiger partial charge in [0.2, 0.25) is 10.0 Å². The highest BCUT2D eigenvalue weighted by Crippen LogP contribution is 2.21. The van der Waals surface area contributed by atoms with Crippen LogP contribution in [0.3, 0.4) is 0 Å². The molecule has 6 nitrogen and oxygen atoms in total. The number of hydrogen-bond donors (Lipinski definition) is 2. The Hall–Kier alpha value is -2.38. The average Bonchev–Trinajstić information content (AvgIpc) is 2.64. The van der Waals surface area contributed by atoms with Gasteiger partial charge in [-0.3, -0.25) is 4.79 Å². The molecular formula is C21H28N2O4S. The van der Waals surface area contributed by atoms with E-state index in [4.69, 9.17) is 4.74 Å². The summed E-state index contributed by atoms with van der Waals surface area (Å²) in [6.45, 7) is 8.30. The fourth-order valence-electron chi connectivity index (χ4n) is 2.53. The van der Waals surface area contributed by atoms with Crippen LogP contribution in [0.4, 0.5) is 0 Å². The number of hydrogen-bond acceptors (Lipinski definition) is 4. The van der Waals surface area contributed by atoms with E-state index in [0.29, 0.717) is 24.4 Å². The molecule has 2 N–H and O–H groups in total. The number of nitrogens with one attached hydrogen (secondary N) is 2. The second-order valence-corrected chi connectivity index (χ2v) is 8.99. The first-order valence-electron chi connectivity index (χ1n) is 9.23. The molecule has 28 heavy (non-hydrogen) atoms. The van der Waals surface area contributed by atoms with E-state index in [1.807, 2.05) is 45.0 Å². The number of ether oxygens (including phenoxy) is 1. The number of sulfonamides is 1. The number of rotatable bonds is 9. The van der Waals surface area contributed by atoms with E-state index >= 15 is 0 Å². The molecule has 2 aromatic carbocycles. The predicted molar refractivity (Wildman–Crippen MR) is 110 cm³/mol. The molecule has 0 saturated heterocycles. The van der Waals surface area contributed by atoms with Crippen molar-refractivity contribution in [2.24, 2.45) is 5.92 Å². The van der Waals surface area contributed by atoms with Gasteiger partial charge in [-0.1, -0.05) is 43.7 Å². The molecule has 0 spiro atoms. The minimum Gasteiger partial charge on any atom is -0.484 e. The minimum absolute atomic E-state index is 0.135. The Morgan fingerprint density at radius 1 is 1.11 bits per heavy atom. The van der Waals surface area contributed by atoms with Crippen molar-refractivity contribution in [2.75, 3.05) is 13.2 Å². The number of amides is 1. The van der Waals surface area contributed by atoms with Gasteiger partial charge >= 0.3 is 0 Å². The van der Waals surface area contributed by atoms with Gasteiger partial charge in [-0.05, 0) is 49.1 Å². The maximum absolute atomic E-state index is 12.3. The van der Waals surface area contributed by atoms with E-state index in [1.54, 1.807) is 19.1 Å². The van der Waals surface area contributed by atoms with Crippen LogP contribution in [-0.4, -0.2) is 27.5 Å². The molecule has 0 saturated carbocycles. The lowest BCUT2D eigenvalue weighted by Gasteiger charge is -2.13. The van der Waals surface area contributed by atoms with E-state index < -0.39 is 10.0 Å². The van der Waals surface area contributed by atoms with Crippen LogP contribution in [0.15, 0.2) is 47.4 Å². The summed E-state index contributed by atoms with van der Waals surface area (Å²) in [5.41, 5.74) is 2.81. The lowest BCUT2D eigenvalue weighted by molar-refractivity contribution is -0.123. The summed E-state index contributed by atoms with van der Waals surface area (Å²) in [6, 6.07) is 12.5. The minimum atomic E-state index is -3.55. The van der Waals surface area contributed by atoms with Gasteiger partial charge in [0.1, 0.15) is 5.75 Å². The summed E-state index contributed by atoms with van der Waals surface area (Å²) in [6.07, 6.45) is 0. The van der Waals surface area contributed by atoms with Crippen molar-refractivity contribution in [1.29, 1.82) is 0 Å². The zero-order chi connectivity index (χ0) is 20.7. The molecule has 0 aliphatic heterocycles. The Kier molecular flexibility index (Phi) is 7.60. The van der Waals surface area contributed by atoms with Crippen molar-refractivity contribution in [2.45, 2.75) is 39.1 Å². The van der Waals surface area contributed by atoms with E-state index in [0.717, 1.165) is 11.1 Å². The van der Waals surface area contributed by atoms with E-state index in [2.05, 4.69) is 10.0 Å². The number of aryl methyl sites for hydroxylation is 2. The Balaban J connectivity index is 1.91. The molecule has 0 heterocycles. The SMILES string of the molecule is Cc1cccc(CNC(=O)COc2ccc(S(=O)(=O)NCC(C)C)cc2C)c1. The monoisotopic (exact) mass is 404 g/mol. The fraction of sp³-hybridized carbons (Fsp3) is 0.381. The third-order valence-corrected chi connectivity index (χ3v) is 5.49. The molecule has 0 fully saturated rings. The van der Waals surface area contributed by atoms with Crippen LogP contribution in [0.5, 0.6) is 5.75 Å². The van der Waals surface area contributed by atoms with Crippen LogP contribution in [0, 0.1) is 19.8 Å². The van der Waals surface area contributed by atoms with Crippen molar-refractivity contribution in [3.8, 4) is 5.75 Å². The Bertz CT molecular complexity index is 924. The maximum Gasteiger partial charge on any atom is 0.258 e. The van der Waals surface area contributed by atoms with E-state index in [-0.39, 0.29) is 23.3 Å². The summed E-state index contributed by atoms with van der Waals surface area (Å²) in [4.78, 5) is 12.2. The van der Waals surface area contributed by atoms with Crippen LogP contribution in [0.2, 0.25) is 0 Å². The van der Waals surface area contributed by atoms with Crippen molar-refractivity contribution in [3.05, 3.63) is 59.2 Å². The van der Waals surface area contributed by atoms with Crippen LogP contribution in [0.25, 0.3) is 0 Å². The standard InChI is InChI=1S/C21H28N2O4S/c1-15(2)12-23-28(25,26)19-8-9-20(17(4)11-19)27-14-21(24)22-13-18-7-5-6-16(3)10-18/h5-11,15,23H,12-14H2,1-4H3,(H,22,24). The molecule has 2 aromatic rings. The predicted octanol–water partition coefficient (Wildman–Crippen LogP) is 2.93. The Labute approximate surface area is 167 Å². The number of benzene rings is 2. The molecule has 1 amide bonds. The van der Waals surface area contributed by atoms with Crippen LogP contribution in [0.1, 0.15) is 30.5 Å². The van der Waals surface area contributed by atoms with Gasteiger partial charge in [-0.2, -0.15) is 0 Å². The third-order valence-electron chi connectivity index (χ3n) is 4.07. The topological polar surface area (TPSA) is 84.5 Å². The fourth-order valence-corrected chi connectivity index (χ4v) is 3.83. The molecule has 0 aliphatic rings. The summed E-state index contributed by atoms with van der Waals surface area (Å²) < 4.78 is 32.7. The van der Waals surface area contributed by atoms with E-state index in [1.165, 1.54) is 6.07 Å². The number of carbonyl (C=O) groups excluding carboxylic acids is 1. The highest BCUT2D eigenvalue weighted by molar-refractivity contribution is 7.89. The quantitative estimate of drug-likeness (QED) is 0.673. The van der Waals surface area contributed by atoms with Crippen LogP contribution < -0.4 is 14.8 Å². The van der Waals surface area contributed by atoms with Crippen LogP contribution >= 0.6 is 0 Å². The summed E-state index contributed by atoms with van der Waals surface area (Å²) >= 11 is 0. The van der Waals surface area contributed by atoms with Crippen LogP contribution in [-0.2, 0) is 21.4 Å². The van der Waals surface area contributed by atoms with Crippen molar-refractivity contribution in [1.82, 2.24) is 10.0 Å². The van der Waals surface area contributed by atoms with Crippen molar-refractivity contribution < 1.29 is 17.9 Å². The number of carbonyl (C=O) groups is 1. The van der Waals surface area contributed by atoms with Gasteiger partial charge in [0.05, 0.1) is 4.90 Å². The van der Waals surface area contributed by atoms with Gasteiger partial charge in [0.25, 0.3) is 5.91 Å². The molecule has 0 aromatic heterocycles. The molecule has 0 atom stereocenters.